The van der Waals surface area contributed by atoms with Gasteiger partial charge in [0.05, 0.1) is 12.3 Å². The van der Waals surface area contributed by atoms with Crippen LogP contribution in [0.1, 0.15) is 30.0 Å². The van der Waals surface area contributed by atoms with Gasteiger partial charge >= 0.3 is 0 Å². The van der Waals surface area contributed by atoms with E-state index in [0.717, 1.165) is 0 Å². The van der Waals surface area contributed by atoms with Crippen molar-refractivity contribution >= 4 is 40.4 Å². The Hall–Kier alpha value is -2.24. The van der Waals surface area contributed by atoms with Gasteiger partial charge in [0.2, 0.25) is 0 Å². The van der Waals surface area contributed by atoms with Crippen molar-refractivity contribution in [2.45, 2.75) is 20.3 Å². The molecule has 0 bridgehead atoms. The van der Waals surface area contributed by atoms with Crippen molar-refractivity contribution in [3.05, 3.63) is 58.0 Å². The van der Waals surface area contributed by atoms with Crippen molar-refractivity contribution in [2.24, 2.45) is 0 Å². The van der Waals surface area contributed by atoms with Crippen molar-refractivity contribution < 1.29 is 9.53 Å². The molecule has 3 aromatic rings. The number of nitrogens with zero attached hydrogens (tertiary/aromatic N) is 2. The summed E-state index contributed by atoms with van der Waals surface area (Å²) in [4.78, 5) is 17.4. The Kier molecular flexibility index (Phi) is 5.16. The molecule has 7 heteroatoms. The van der Waals surface area contributed by atoms with Gasteiger partial charge < -0.3 is 10.1 Å². The number of fused-ring (bicyclic) bond motifs is 1. The van der Waals surface area contributed by atoms with Crippen LogP contribution in [0.5, 0.6) is 5.75 Å². The summed E-state index contributed by atoms with van der Waals surface area (Å²) in [6.07, 6.45) is 2.41. The van der Waals surface area contributed by atoms with E-state index in [4.69, 9.17) is 27.9 Å². The van der Waals surface area contributed by atoms with Gasteiger partial charge in [0.1, 0.15) is 5.69 Å². The SMILES string of the molecule is CCOc1cccn2c(C(=O)Nc3cc(Cl)cc(Cl)c3)c(CC)nc12. The molecule has 0 spiro atoms. The monoisotopic (exact) mass is 377 g/mol. The number of nitrogens with one attached hydrogen (secondary N) is 1. The maximum atomic E-state index is 12.9. The zero-order chi connectivity index (χ0) is 18.0. The van der Waals surface area contributed by atoms with Gasteiger partial charge in [-0.25, -0.2) is 4.98 Å². The summed E-state index contributed by atoms with van der Waals surface area (Å²) in [5.74, 6) is 0.362. The lowest BCUT2D eigenvalue weighted by molar-refractivity contribution is 0.102. The van der Waals surface area contributed by atoms with Crippen LogP contribution in [0.2, 0.25) is 10.0 Å². The second kappa shape index (κ2) is 7.33. The smallest absolute Gasteiger partial charge is 0.274 e. The Morgan fingerprint density at radius 2 is 1.96 bits per heavy atom. The average molecular weight is 378 g/mol. The number of aryl methyl sites for hydroxylation is 1. The molecule has 1 N–H and O–H groups in total. The maximum absolute atomic E-state index is 12.9. The van der Waals surface area contributed by atoms with Gasteiger partial charge in [0.15, 0.2) is 11.4 Å². The summed E-state index contributed by atoms with van der Waals surface area (Å²) in [6, 6.07) is 8.56. The summed E-state index contributed by atoms with van der Waals surface area (Å²) >= 11 is 12.0. The highest BCUT2D eigenvalue weighted by molar-refractivity contribution is 6.35. The van der Waals surface area contributed by atoms with Crippen LogP contribution in [0.15, 0.2) is 36.5 Å². The van der Waals surface area contributed by atoms with Crippen molar-refractivity contribution in [1.29, 1.82) is 0 Å². The third-order valence-corrected chi connectivity index (χ3v) is 4.09. The number of carbonyl (C=O) groups is 1. The van der Waals surface area contributed by atoms with Crippen LogP contribution in [-0.4, -0.2) is 21.9 Å². The predicted molar refractivity (Wildman–Crippen MR) is 100 cm³/mol. The molecule has 2 heterocycles. The first-order valence-electron chi connectivity index (χ1n) is 7.93. The molecular weight excluding hydrogens is 361 g/mol. The number of hydrogen-bond donors (Lipinski definition) is 1. The molecule has 0 unspecified atom stereocenters. The third kappa shape index (κ3) is 3.57. The van der Waals surface area contributed by atoms with Crippen LogP contribution < -0.4 is 10.1 Å². The number of amides is 1. The molecular formula is C18H17Cl2N3O2. The van der Waals surface area contributed by atoms with Gasteiger partial charge in [-0.15, -0.1) is 0 Å². The minimum absolute atomic E-state index is 0.281. The Morgan fingerprint density at radius 1 is 1.24 bits per heavy atom. The van der Waals surface area contributed by atoms with E-state index in [1.807, 2.05) is 26.0 Å². The Balaban J connectivity index is 2.04. The molecule has 0 saturated carbocycles. The molecule has 0 radical (unpaired) electrons. The van der Waals surface area contributed by atoms with Gasteiger partial charge in [0.25, 0.3) is 5.91 Å². The van der Waals surface area contributed by atoms with E-state index in [1.54, 1.807) is 28.8 Å². The molecule has 0 fully saturated rings. The number of pyridine rings is 1. The number of aromatic nitrogens is 2. The van der Waals surface area contributed by atoms with Crippen molar-refractivity contribution in [1.82, 2.24) is 9.38 Å². The highest BCUT2D eigenvalue weighted by Gasteiger charge is 2.20. The van der Waals surface area contributed by atoms with E-state index in [1.165, 1.54) is 0 Å². The molecule has 0 atom stereocenters. The average Bonchev–Trinajstić information content (AvgIpc) is 2.94. The molecule has 0 aliphatic carbocycles. The minimum Gasteiger partial charge on any atom is -0.490 e. The first-order valence-corrected chi connectivity index (χ1v) is 8.69. The molecule has 3 rings (SSSR count). The number of rotatable bonds is 5. The van der Waals surface area contributed by atoms with Crippen LogP contribution in [0, 0.1) is 0 Å². The molecule has 1 aromatic carbocycles. The van der Waals surface area contributed by atoms with Crippen molar-refractivity contribution in [2.75, 3.05) is 11.9 Å². The van der Waals surface area contributed by atoms with E-state index < -0.39 is 0 Å². The third-order valence-electron chi connectivity index (χ3n) is 3.66. The van der Waals surface area contributed by atoms with Crippen molar-refractivity contribution in [3.63, 3.8) is 0 Å². The summed E-state index contributed by atoms with van der Waals surface area (Å²) in [7, 11) is 0. The molecule has 0 aliphatic rings. The lowest BCUT2D eigenvalue weighted by Crippen LogP contribution is -2.16. The Morgan fingerprint density at radius 3 is 2.60 bits per heavy atom. The second-order valence-electron chi connectivity index (χ2n) is 5.37. The maximum Gasteiger partial charge on any atom is 0.274 e. The molecule has 2 aromatic heterocycles. The zero-order valence-corrected chi connectivity index (χ0v) is 15.4. The molecule has 0 aliphatic heterocycles. The van der Waals surface area contributed by atoms with Gasteiger partial charge in [-0.2, -0.15) is 0 Å². The van der Waals surface area contributed by atoms with Crippen LogP contribution in [0.3, 0.4) is 0 Å². The number of imidazole rings is 1. The molecule has 5 nitrogen and oxygen atoms in total. The first-order chi connectivity index (χ1) is 12.0. The Bertz CT molecular complexity index is 917. The topological polar surface area (TPSA) is 55.6 Å². The number of carbonyl (C=O) groups excluding carboxylic acids is 1. The van der Waals surface area contributed by atoms with E-state index >= 15 is 0 Å². The highest BCUT2D eigenvalue weighted by atomic mass is 35.5. The van der Waals surface area contributed by atoms with Crippen LogP contribution >= 0.6 is 23.2 Å². The summed E-state index contributed by atoms with van der Waals surface area (Å²) in [5, 5.41) is 3.74. The van der Waals surface area contributed by atoms with Gasteiger partial charge in [0, 0.05) is 21.9 Å². The quantitative estimate of drug-likeness (QED) is 0.690. The van der Waals surface area contributed by atoms with Gasteiger partial charge in [-0.05, 0) is 43.7 Å². The van der Waals surface area contributed by atoms with Crippen LogP contribution in [0.25, 0.3) is 5.65 Å². The summed E-state index contributed by atoms with van der Waals surface area (Å²) < 4.78 is 7.35. The molecule has 130 valence electrons. The van der Waals surface area contributed by atoms with Gasteiger partial charge in [-0.3, -0.25) is 9.20 Å². The minimum atomic E-state index is -0.281. The van der Waals surface area contributed by atoms with Crippen LogP contribution in [0.4, 0.5) is 5.69 Å². The fourth-order valence-corrected chi connectivity index (χ4v) is 3.19. The number of hydrogen-bond acceptors (Lipinski definition) is 3. The number of anilines is 1. The molecule has 0 saturated heterocycles. The fourth-order valence-electron chi connectivity index (χ4n) is 2.66. The largest absolute Gasteiger partial charge is 0.490 e. The highest BCUT2D eigenvalue weighted by Crippen LogP contribution is 2.25. The first kappa shape index (κ1) is 17.6. The van der Waals surface area contributed by atoms with E-state index in [-0.39, 0.29) is 5.91 Å². The predicted octanol–water partition coefficient (Wildman–Crippen LogP) is 4.85. The van der Waals surface area contributed by atoms with E-state index in [0.29, 0.717) is 51.5 Å². The summed E-state index contributed by atoms with van der Waals surface area (Å²) in [6.45, 7) is 4.38. The lowest BCUT2D eigenvalue weighted by Gasteiger charge is -2.08. The van der Waals surface area contributed by atoms with Gasteiger partial charge in [-0.1, -0.05) is 30.1 Å². The van der Waals surface area contributed by atoms with E-state index in [2.05, 4.69) is 10.3 Å². The number of ether oxygens (including phenoxy) is 1. The molecule has 25 heavy (non-hydrogen) atoms. The lowest BCUT2D eigenvalue weighted by atomic mass is 10.2. The van der Waals surface area contributed by atoms with Crippen LogP contribution in [-0.2, 0) is 6.42 Å². The number of benzene rings is 1. The molecule has 1 amide bonds. The second-order valence-corrected chi connectivity index (χ2v) is 6.24. The van der Waals surface area contributed by atoms with E-state index in [9.17, 15) is 4.79 Å². The zero-order valence-electron chi connectivity index (χ0n) is 13.8. The standard InChI is InChI=1S/C18H17Cl2N3O2/c1-3-14-16(18(24)21-13-9-11(19)8-12(20)10-13)23-7-5-6-15(25-4-2)17(23)22-14/h5-10H,3-4H2,1-2H3,(H,21,24). The number of halogens is 2. The van der Waals surface area contributed by atoms with Crippen molar-refractivity contribution in [3.8, 4) is 5.75 Å². The summed E-state index contributed by atoms with van der Waals surface area (Å²) in [5.41, 5.74) is 2.31. The Labute approximate surface area is 155 Å². The fraction of sp³-hybridized carbons (Fsp3) is 0.222. The normalized spacial score (nSPS) is 10.9.